The van der Waals surface area contributed by atoms with Crippen molar-refractivity contribution < 1.29 is 10.2 Å². The molecular formula is C22H33BrN4O2. The van der Waals surface area contributed by atoms with Gasteiger partial charge in [0.2, 0.25) is 0 Å². The predicted octanol–water partition coefficient (Wildman–Crippen LogP) is 2.46. The van der Waals surface area contributed by atoms with Crippen LogP contribution in [0.4, 0.5) is 0 Å². The zero-order chi connectivity index (χ0) is 20.7. The zero-order valence-electron chi connectivity index (χ0n) is 17.0. The first-order valence-electron chi connectivity index (χ1n) is 10.2. The highest BCUT2D eigenvalue weighted by Crippen LogP contribution is 2.17. The van der Waals surface area contributed by atoms with Gasteiger partial charge in [-0.2, -0.15) is 0 Å². The number of aromatic nitrogens is 2. The molecule has 0 aromatic carbocycles. The summed E-state index contributed by atoms with van der Waals surface area (Å²) in [5, 5.41) is 21.6. The first kappa shape index (κ1) is 23.9. The van der Waals surface area contributed by atoms with Gasteiger partial charge in [0.15, 0.2) is 0 Å². The lowest BCUT2D eigenvalue weighted by Gasteiger charge is -2.14. The molecule has 160 valence electrons. The van der Waals surface area contributed by atoms with Crippen molar-refractivity contribution in [2.24, 2.45) is 11.8 Å². The number of likely N-dealkylation sites (tertiary alicyclic amines) is 1. The lowest BCUT2D eigenvalue weighted by atomic mass is 10.1. The summed E-state index contributed by atoms with van der Waals surface area (Å²) in [6, 6.07) is 8.02. The van der Waals surface area contributed by atoms with Crippen LogP contribution in [0.1, 0.15) is 24.0 Å². The molecule has 0 aliphatic carbocycles. The van der Waals surface area contributed by atoms with Gasteiger partial charge in [-0.05, 0) is 61.0 Å². The molecular weight excluding hydrogens is 432 g/mol. The Morgan fingerprint density at radius 2 is 1.69 bits per heavy atom. The number of hydrogen-bond acceptors (Lipinski definition) is 6. The molecule has 2 aliphatic rings. The molecule has 3 N–H and O–H groups in total. The number of nitrogens with one attached hydrogen (secondary N) is 1. The van der Waals surface area contributed by atoms with Crippen LogP contribution in [0.2, 0.25) is 0 Å². The molecule has 0 bridgehead atoms. The van der Waals surface area contributed by atoms with Gasteiger partial charge in [0.25, 0.3) is 0 Å². The van der Waals surface area contributed by atoms with Crippen molar-refractivity contribution in [1.29, 1.82) is 0 Å². The van der Waals surface area contributed by atoms with Crippen molar-refractivity contribution >= 4 is 15.9 Å². The Kier molecular flexibility index (Phi) is 12.0. The van der Waals surface area contributed by atoms with Gasteiger partial charge in [-0.1, -0.05) is 28.1 Å². The second-order valence-corrected chi connectivity index (χ2v) is 8.03. The van der Waals surface area contributed by atoms with Gasteiger partial charge < -0.3 is 15.5 Å². The number of rotatable bonds is 5. The summed E-state index contributed by atoms with van der Waals surface area (Å²) in [7, 11) is 0. The number of pyridine rings is 2. The van der Waals surface area contributed by atoms with E-state index in [4.69, 9.17) is 10.2 Å². The van der Waals surface area contributed by atoms with E-state index in [-0.39, 0.29) is 0 Å². The van der Waals surface area contributed by atoms with Gasteiger partial charge in [0.05, 0.1) is 0 Å². The van der Waals surface area contributed by atoms with Crippen molar-refractivity contribution in [3.8, 4) is 0 Å². The number of aliphatic hydroxyl groups is 2. The molecule has 0 unspecified atom stereocenters. The molecule has 4 rings (SSSR count). The highest BCUT2D eigenvalue weighted by atomic mass is 79.9. The fourth-order valence-electron chi connectivity index (χ4n) is 3.30. The van der Waals surface area contributed by atoms with Gasteiger partial charge in [-0.3, -0.25) is 14.9 Å². The Morgan fingerprint density at radius 1 is 1.00 bits per heavy atom. The highest BCUT2D eigenvalue weighted by molar-refractivity contribution is 9.08. The standard InChI is InChI=1S/C11H16N2O.C6H6BrN.C5H11NO/c14-9-11-3-5-13(8-11)7-10-2-1-4-12-6-10;7-4-6-2-1-3-8-5-6;7-4-5-1-2-6-3-5/h1-2,4,6,11,14H,3,5,7-9H2;1-3,5H,4H2;5-7H,1-4H2/t11-;;5-/m1.1/s1. The monoisotopic (exact) mass is 464 g/mol. The third-order valence-electron chi connectivity index (χ3n) is 5.05. The molecule has 2 saturated heterocycles. The first-order chi connectivity index (χ1) is 14.2. The van der Waals surface area contributed by atoms with E-state index in [1.54, 1.807) is 12.4 Å². The lowest BCUT2D eigenvalue weighted by Crippen LogP contribution is -2.20. The Balaban J connectivity index is 0.000000170. The third kappa shape index (κ3) is 9.78. The molecule has 2 fully saturated rings. The zero-order valence-corrected chi connectivity index (χ0v) is 18.5. The molecule has 0 radical (unpaired) electrons. The van der Waals surface area contributed by atoms with Crippen LogP contribution in [-0.4, -0.2) is 64.5 Å². The van der Waals surface area contributed by atoms with E-state index in [0.717, 1.165) is 50.9 Å². The van der Waals surface area contributed by atoms with E-state index in [0.29, 0.717) is 25.0 Å². The SMILES string of the molecule is BrCc1cccnc1.OC[C@@H]1CCN(Cc2cccnc2)C1.OC[C@@H]1CCNC1. The molecule has 29 heavy (non-hydrogen) atoms. The smallest absolute Gasteiger partial charge is 0.0471 e. The van der Waals surface area contributed by atoms with Crippen molar-refractivity contribution in [3.05, 3.63) is 60.2 Å². The Hall–Kier alpha value is -1.38. The van der Waals surface area contributed by atoms with Crippen LogP contribution in [0.3, 0.4) is 0 Å². The Morgan fingerprint density at radius 3 is 2.10 bits per heavy atom. The van der Waals surface area contributed by atoms with E-state index in [1.807, 2.05) is 30.6 Å². The van der Waals surface area contributed by atoms with Gasteiger partial charge in [-0.25, -0.2) is 0 Å². The largest absolute Gasteiger partial charge is 0.396 e. The topological polar surface area (TPSA) is 81.5 Å². The second-order valence-electron chi connectivity index (χ2n) is 7.47. The number of alkyl halides is 1. The molecule has 2 atom stereocenters. The maximum Gasteiger partial charge on any atom is 0.0471 e. The van der Waals surface area contributed by atoms with Crippen LogP contribution >= 0.6 is 15.9 Å². The van der Waals surface area contributed by atoms with Crippen molar-refractivity contribution in [2.45, 2.75) is 24.7 Å². The van der Waals surface area contributed by atoms with E-state index in [1.165, 1.54) is 11.1 Å². The van der Waals surface area contributed by atoms with E-state index in [2.05, 4.69) is 42.2 Å². The molecule has 0 spiro atoms. The van der Waals surface area contributed by atoms with E-state index < -0.39 is 0 Å². The molecule has 7 heteroatoms. The van der Waals surface area contributed by atoms with Crippen LogP contribution in [0.5, 0.6) is 0 Å². The number of hydrogen-bond donors (Lipinski definition) is 3. The van der Waals surface area contributed by atoms with Crippen molar-refractivity contribution in [2.75, 3.05) is 39.4 Å². The average molecular weight is 465 g/mol. The number of aliphatic hydroxyl groups excluding tert-OH is 2. The molecule has 2 aliphatic heterocycles. The number of halogens is 1. The van der Waals surface area contributed by atoms with Gasteiger partial charge in [0.1, 0.15) is 0 Å². The summed E-state index contributed by atoms with van der Waals surface area (Å²) in [6.07, 6.45) is 9.59. The molecule has 2 aromatic rings. The maximum absolute atomic E-state index is 9.01. The minimum atomic E-state index is 0.323. The van der Waals surface area contributed by atoms with Gasteiger partial charge in [-0.15, -0.1) is 0 Å². The average Bonchev–Trinajstić information content (AvgIpc) is 3.48. The fraction of sp³-hybridized carbons (Fsp3) is 0.545. The summed E-state index contributed by atoms with van der Waals surface area (Å²) in [4.78, 5) is 10.4. The minimum Gasteiger partial charge on any atom is -0.396 e. The summed E-state index contributed by atoms with van der Waals surface area (Å²) in [6.45, 7) is 5.86. The minimum absolute atomic E-state index is 0.323. The molecule has 0 saturated carbocycles. The number of nitrogens with zero attached hydrogens (tertiary/aromatic N) is 3. The molecule has 4 heterocycles. The molecule has 0 amide bonds. The normalized spacial score (nSPS) is 21.1. The lowest BCUT2D eigenvalue weighted by molar-refractivity contribution is 0.220. The van der Waals surface area contributed by atoms with Crippen LogP contribution in [0, 0.1) is 11.8 Å². The van der Waals surface area contributed by atoms with E-state index in [9.17, 15) is 0 Å². The second kappa shape index (κ2) is 14.6. The van der Waals surface area contributed by atoms with Crippen LogP contribution in [0.25, 0.3) is 0 Å². The summed E-state index contributed by atoms with van der Waals surface area (Å²) < 4.78 is 0. The van der Waals surface area contributed by atoms with Crippen molar-refractivity contribution in [3.63, 3.8) is 0 Å². The predicted molar refractivity (Wildman–Crippen MR) is 120 cm³/mol. The van der Waals surface area contributed by atoms with Gasteiger partial charge >= 0.3 is 0 Å². The van der Waals surface area contributed by atoms with Gasteiger partial charge in [0, 0.05) is 63.0 Å². The van der Waals surface area contributed by atoms with Crippen molar-refractivity contribution in [1.82, 2.24) is 20.2 Å². The highest BCUT2D eigenvalue weighted by Gasteiger charge is 2.21. The quantitative estimate of drug-likeness (QED) is 0.589. The third-order valence-corrected chi connectivity index (χ3v) is 5.70. The summed E-state index contributed by atoms with van der Waals surface area (Å²) in [5.74, 6) is 1.02. The Bertz CT molecular complexity index is 642. The molecule has 6 nitrogen and oxygen atoms in total. The van der Waals surface area contributed by atoms with Crippen LogP contribution in [-0.2, 0) is 11.9 Å². The summed E-state index contributed by atoms with van der Waals surface area (Å²) in [5.41, 5.74) is 2.47. The summed E-state index contributed by atoms with van der Waals surface area (Å²) >= 11 is 3.32. The van der Waals surface area contributed by atoms with Crippen LogP contribution in [0.15, 0.2) is 49.1 Å². The fourth-order valence-corrected chi connectivity index (χ4v) is 3.63. The van der Waals surface area contributed by atoms with E-state index >= 15 is 0 Å². The Labute approximate surface area is 182 Å². The first-order valence-corrected chi connectivity index (χ1v) is 11.4. The maximum atomic E-state index is 9.01. The van der Waals surface area contributed by atoms with Crippen LogP contribution < -0.4 is 5.32 Å². The molecule has 2 aromatic heterocycles.